The summed E-state index contributed by atoms with van der Waals surface area (Å²) >= 11 is 0. The molecule has 0 aliphatic rings. The van der Waals surface area contributed by atoms with Gasteiger partial charge in [0.2, 0.25) is 5.91 Å². The molecule has 7 heteroatoms. The van der Waals surface area contributed by atoms with Crippen LogP contribution in [-0.4, -0.2) is 41.6 Å². The van der Waals surface area contributed by atoms with Crippen LogP contribution in [-0.2, 0) is 19.1 Å². The van der Waals surface area contributed by atoms with Gasteiger partial charge in [-0.1, -0.05) is 148 Å². The largest absolute Gasteiger partial charge is 0.480 e. The van der Waals surface area contributed by atoms with Crippen LogP contribution in [0.1, 0.15) is 200 Å². The lowest BCUT2D eigenvalue weighted by Crippen LogP contribution is -2.40. The van der Waals surface area contributed by atoms with E-state index in [0.717, 1.165) is 70.6 Å². The number of rotatable bonds is 36. The fourth-order valence-electron chi connectivity index (χ4n) is 5.93. The predicted molar refractivity (Wildman–Crippen MR) is 202 cm³/mol. The summed E-state index contributed by atoms with van der Waals surface area (Å²) in [7, 11) is 0. The molecule has 0 aliphatic heterocycles. The Morgan fingerprint density at radius 1 is 0.625 bits per heavy atom. The fraction of sp³-hybridized carbons (Fsp3) is 0.829. The van der Waals surface area contributed by atoms with E-state index in [4.69, 9.17) is 10.5 Å². The summed E-state index contributed by atoms with van der Waals surface area (Å²) in [6.45, 7) is 4.90. The highest BCUT2D eigenvalue weighted by Crippen LogP contribution is 2.16. The van der Waals surface area contributed by atoms with Crippen LogP contribution >= 0.6 is 0 Å². The van der Waals surface area contributed by atoms with Crippen LogP contribution in [0.25, 0.3) is 0 Å². The Bertz CT molecular complexity index is 813. The van der Waals surface area contributed by atoms with E-state index >= 15 is 0 Å². The monoisotopic (exact) mass is 677 g/mol. The number of hydrogen-bond acceptors (Lipinski definition) is 5. The molecule has 0 heterocycles. The summed E-state index contributed by atoms with van der Waals surface area (Å²) in [4.78, 5) is 36.1. The Morgan fingerprint density at radius 3 is 1.71 bits per heavy atom. The van der Waals surface area contributed by atoms with Crippen LogP contribution in [0.3, 0.4) is 0 Å². The minimum absolute atomic E-state index is 0.0747. The van der Waals surface area contributed by atoms with Gasteiger partial charge in [-0.25, -0.2) is 4.79 Å². The summed E-state index contributed by atoms with van der Waals surface area (Å²) in [6, 6.07) is -0.853. The lowest BCUT2D eigenvalue weighted by Gasteiger charge is -2.15. The van der Waals surface area contributed by atoms with Crippen molar-refractivity contribution in [2.24, 2.45) is 5.73 Å². The Kier molecular flexibility index (Phi) is 34.5. The number of nitrogens with two attached hydrogens (primary N) is 1. The number of nitrogens with one attached hydrogen (secondary N) is 1. The standard InChI is InChI=1S/C41H76N2O5/c1-3-5-7-9-11-13-14-15-16-17-19-25-29-35-40(45)48-37(31-26-22-18-12-10-8-6-4-2)32-27-23-20-21-24-28-34-39(44)43-38(41(46)47)33-30-36-42/h12,18,26,31,37-38H,3-11,13-17,19-25,27-30,32-36,42H2,1-2H3,(H,43,44)(H,46,47)/b18-12-,31-26-. The van der Waals surface area contributed by atoms with Crippen molar-refractivity contribution < 1.29 is 24.2 Å². The van der Waals surface area contributed by atoms with Gasteiger partial charge in [0.05, 0.1) is 0 Å². The molecule has 0 aromatic carbocycles. The van der Waals surface area contributed by atoms with Gasteiger partial charge < -0.3 is 20.9 Å². The van der Waals surface area contributed by atoms with E-state index in [2.05, 4.69) is 43.5 Å². The van der Waals surface area contributed by atoms with Crippen molar-refractivity contribution >= 4 is 17.8 Å². The number of carbonyl (C=O) groups excluding carboxylic acids is 2. The number of carboxylic acid groups (broad SMARTS) is 1. The van der Waals surface area contributed by atoms with E-state index in [-0.39, 0.29) is 18.0 Å². The number of ether oxygens (including phenoxy) is 1. The van der Waals surface area contributed by atoms with Crippen molar-refractivity contribution in [3.8, 4) is 0 Å². The molecular formula is C41H76N2O5. The first-order valence-corrected chi connectivity index (χ1v) is 20.2. The maximum Gasteiger partial charge on any atom is 0.326 e. The Labute approximate surface area is 295 Å². The fourth-order valence-corrected chi connectivity index (χ4v) is 5.93. The SMILES string of the molecule is CCCCC/C=C\C/C=C\C(CCCCCCCCC(=O)NC(CCCN)C(=O)O)OC(=O)CCCCCCCCCCCCCCC. The molecule has 2 atom stereocenters. The highest BCUT2D eigenvalue weighted by Gasteiger charge is 2.18. The Hall–Kier alpha value is -2.15. The van der Waals surface area contributed by atoms with Crippen molar-refractivity contribution in [2.45, 2.75) is 212 Å². The molecule has 0 fully saturated rings. The van der Waals surface area contributed by atoms with Crippen molar-refractivity contribution in [1.29, 1.82) is 0 Å². The second-order valence-corrected chi connectivity index (χ2v) is 13.7. The minimum atomic E-state index is -1.01. The lowest BCUT2D eigenvalue weighted by molar-refractivity contribution is -0.147. The van der Waals surface area contributed by atoms with Crippen LogP contribution in [0.5, 0.6) is 0 Å². The van der Waals surface area contributed by atoms with Gasteiger partial charge in [-0.3, -0.25) is 9.59 Å². The third-order valence-electron chi connectivity index (χ3n) is 9.00. The molecule has 0 aromatic heterocycles. The molecule has 48 heavy (non-hydrogen) atoms. The molecule has 7 nitrogen and oxygen atoms in total. The quantitative estimate of drug-likeness (QED) is 0.0345. The third-order valence-corrected chi connectivity index (χ3v) is 9.00. The molecule has 0 bridgehead atoms. The zero-order valence-corrected chi connectivity index (χ0v) is 31.3. The van der Waals surface area contributed by atoms with E-state index in [1.165, 1.54) is 89.9 Å². The molecule has 1 amide bonds. The van der Waals surface area contributed by atoms with Gasteiger partial charge in [0.25, 0.3) is 0 Å². The number of esters is 1. The Balaban J connectivity index is 4.28. The average molecular weight is 677 g/mol. The summed E-state index contributed by atoms with van der Waals surface area (Å²) < 4.78 is 5.92. The van der Waals surface area contributed by atoms with Gasteiger partial charge in [0.1, 0.15) is 12.1 Å². The number of amides is 1. The van der Waals surface area contributed by atoms with E-state index in [0.29, 0.717) is 32.2 Å². The van der Waals surface area contributed by atoms with Crippen LogP contribution in [0.15, 0.2) is 24.3 Å². The Morgan fingerprint density at radius 2 is 1.15 bits per heavy atom. The summed E-state index contributed by atoms with van der Waals surface area (Å²) in [6.07, 6.45) is 39.5. The first-order valence-electron chi connectivity index (χ1n) is 20.2. The normalized spacial score (nSPS) is 12.9. The van der Waals surface area contributed by atoms with Crippen molar-refractivity contribution in [2.75, 3.05) is 6.54 Å². The van der Waals surface area contributed by atoms with E-state index in [9.17, 15) is 19.5 Å². The second-order valence-electron chi connectivity index (χ2n) is 13.7. The molecule has 0 radical (unpaired) electrons. The van der Waals surface area contributed by atoms with Gasteiger partial charge in [-0.2, -0.15) is 0 Å². The first kappa shape index (κ1) is 45.9. The van der Waals surface area contributed by atoms with Gasteiger partial charge >= 0.3 is 11.9 Å². The first-order chi connectivity index (χ1) is 23.4. The number of carboxylic acids is 1. The van der Waals surface area contributed by atoms with Gasteiger partial charge in [0, 0.05) is 12.8 Å². The third kappa shape index (κ3) is 32.4. The van der Waals surface area contributed by atoms with Crippen LogP contribution in [0.2, 0.25) is 0 Å². The molecule has 2 unspecified atom stereocenters. The predicted octanol–water partition coefficient (Wildman–Crippen LogP) is 10.9. The average Bonchev–Trinajstić information content (AvgIpc) is 3.07. The van der Waals surface area contributed by atoms with Gasteiger partial charge in [-0.15, -0.1) is 0 Å². The highest BCUT2D eigenvalue weighted by atomic mass is 16.5. The number of carbonyl (C=O) groups is 3. The highest BCUT2D eigenvalue weighted by molar-refractivity contribution is 5.83. The molecule has 0 saturated carbocycles. The molecule has 0 aliphatic carbocycles. The maximum absolute atomic E-state index is 12.7. The molecule has 0 saturated heterocycles. The zero-order valence-electron chi connectivity index (χ0n) is 31.3. The zero-order chi connectivity index (χ0) is 35.3. The number of aliphatic carboxylic acids is 1. The molecule has 4 N–H and O–H groups in total. The van der Waals surface area contributed by atoms with E-state index < -0.39 is 12.0 Å². The summed E-state index contributed by atoms with van der Waals surface area (Å²) in [5, 5.41) is 11.9. The minimum Gasteiger partial charge on any atom is -0.480 e. The summed E-state index contributed by atoms with van der Waals surface area (Å²) in [5.74, 6) is -1.28. The second kappa shape index (κ2) is 36.1. The van der Waals surface area contributed by atoms with Gasteiger partial charge in [-0.05, 0) is 70.4 Å². The molecular weight excluding hydrogens is 600 g/mol. The van der Waals surface area contributed by atoms with Crippen LogP contribution < -0.4 is 11.1 Å². The van der Waals surface area contributed by atoms with Crippen molar-refractivity contribution in [3.63, 3.8) is 0 Å². The van der Waals surface area contributed by atoms with E-state index in [1.54, 1.807) is 0 Å². The van der Waals surface area contributed by atoms with Crippen molar-refractivity contribution in [1.82, 2.24) is 5.32 Å². The lowest BCUT2D eigenvalue weighted by atomic mass is 10.0. The molecule has 0 spiro atoms. The topological polar surface area (TPSA) is 119 Å². The molecule has 0 aromatic rings. The van der Waals surface area contributed by atoms with Crippen molar-refractivity contribution in [3.05, 3.63) is 24.3 Å². The van der Waals surface area contributed by atoms with E-state index in [1.807, 2.05) is 0 Å². The molecule has 0 rings (SSSR count). The maximum atomic E-state index is 12.7. The number of allylic oxidation sites excluding steroid dienone is 3. The van der Waals surface area contributed by atoms with Crippen LogP contribution in [0.4, 0.5) is 0 Å². The number of unbranched alkanes of at least 4 members (excludes halogenated alkanes) is 20. The number of hydrogen-bond donors (Lipinski definition) is 3. The smallest absolute Gasteiger partial charge is 0.326 e. The van der Waals surface area contributed by atoms with Gasteiger partial charge in [0.15, 0.2) is 0 Å². The summed E-state index contributed by atoms with van der Waals surface area (Å²) in [5.41, 5.74) is 5.46. The van der Waals surface area contributed by atoms with Crippen LogP contribution in [0, 0.1) is 0 Å². The molecule has 280 valence electrons.